The smallest absolute Gasteiger partial charge is 0.290 e. The van der Waals surface area contributed by atoms with Gasteiger partial charge in [-0.3, -0.25) is 14.8 Å². The zero-order chi connectivity index (χ0) is 12.8. The summed E-state index contributed by atoms with van der Waals surface area (Å²) >= 11 is 0. The van der Waals surface area contributed by atoms with Gasteiger partial charge in [-0.05, 0) is 19.9 Å². The Labute approximate surface area is 106 Å². The number of hydrogen-bond acceptors (Lipinski definition) is 5. The van der Waals surface area contributed by atoms with Gasteiger partial charge in [0.1, 0.15) is 5.82 Å². The van der Waals surface area contributed by atoms with Gasteiger partial charge < -0.3 is 10.1 Å². The molecule has 0 bridgehead atoms. The van der Waals surface area contributed by atoms with Crippen LogP contribution in [0.3, 0.4) is 0 Å². The van der Waals surface area contributed by atoms with Crippen LogP contribution in [0, 0.1) is 6.92 Å². The van der Waals surface area contributed by atoms with E-state index in [1.54, 1.807) is 6.92 Å². The van der Waals surface area contributed by atoms with Crippen LogP contribution in [0.4, 0.5) is 0 Å². The van der Waals surface area contributed by atoms with E-state index in [4.69, 9.17) is 4.74 Å². The molecule has 1 saturated heterocycles. The van der Waals surface area contributed by atoms with Crippen molar-refractivity contribution >= 4 is 5.91 Å². The number of nitrogens with zero attached hydrogens (tertiary/aromatic N) is 3. The molecule has 0 aliphatic carbocycles. The minimum atomic E-state index is -0.221. The molecule has 1 aromatic rings. The lowest BCUT2D eigenvalue weighted by Gasteiger charge is -2.26. The van der Waals surface area contributed by atoms with Crippen LogP contribution >= 0.6 is 0 Å². The van der Waals surface area contributed by atoms with Gasteiger partial charge >= 0.3 is 0 Å². The van der Waals surface area contributed by atoms with Gasteiger partial charge in [0.25, 0.3) is 5.91 Å². The van der Waals surface area contributed by atoms with E-state index in [9.17, 15) is 4.79 Å². The highest BCUT2D eigenvalue weighted by Crippen LogP contribution is 1.97. The van der Waals surface area contributed by atoms with E-state index in [2.05, 4.69) is 25.4 Å². The van der Waals surface area contributed by atoms with Crippen LogP contribution in [-0.2, 0) is 4.74 Å². The number of H-pyrrole nitrogens is 1. The summed E-state index contributed by atoms with van der Waals surface area (Å²) in [4.78, 5) is 17.9. The summed E-state index contributed by atoms with van der Waals surface area (Å²) in [5, 5.41) is 9.27. The minimum absolute atomic E-state index is 0.207. The Hall–Kier alpha value is -1.47. The van der Waals surface area contributed by atoms with Crippen molar-refractivity contribution in [2.75, 3.05) is 39.4 Å². The predicted molar refractivity (Wildman–Crippen MR) is 65.3 cm³/mol. The molecule has 0 atom stereocenters. The van der Waals surface area contributed by atoms with Crippen LogP contribution in [0.15, 0.2) is 0 Å². The SMILES string of the molecule is Cc1nc(C(=O)NCCCN2CCOCC2)n[nH]1. The normalized spacial score (nSPS) is 16.7. The molecule has 0 aromatic carbocycles. The zero-order valence-corrected chi connectivity index (χ0v) is 10.6. The van der Waals surface area contributed by atoms with Crippen molar-refractivity contribution in [1.82, 2.24) is 25.4 Å². The molecule has 2 rings (SSSR count). The molecule has 7 nitrogen and oxygen atoms in total. The fraction of sp³-hybridized carbons (Fsp3) is 0.727. The number of nitrogens with one attached hydrogen (secondary N) is 2. The molecular formula is C11H19N5O2. The molecule has 2 heterocycles. The third-order valence-corrected chi connectivity index (χ3v) is 2.84. The fourth-order valence-corrected chi connectivity index (χ4v) is 1.85. The largest absolute Gasteiger partial charge is 0.379 e. The van der Waals surface area contributed by atoms with Crippen LogP contribution in [0.2, 0.25) is 0 Å². The number of amides is 1. The molecule has 2 N–H and O–H groups in total. The number of carbonyl (C=O) groups is 1. The first-order chi connectivity index (χ1) is 8.75. The molecule has 1 aromatic heterocycles. The summed E-state index contributed by atoms with van der Waals surface area (Å²) in [6, 6.07) is 0. The molecule has 0 spiro atoms. The number of hydrogen-bond donors (Lipinski definition) is 2. The van der Waals surface area contributed by atoms with Crippen LogP contribution in [0.1, 0.15) is 22.9 Å². The standard InChI is InChI=1S/C11H19N5O2/c1-9-13-10(15-14-9)11(17)12-3-2-4-16-5-7-18-8-6-16/h2-8H2,1H3,(H,12,17)(H,13,14,15). The zero-order valence-electron chi connectivity index (χ0n) is 10.6. The first-order valence-electron chi connectivity index (χ1n) is 6.23. The number of aromatic amines is 1. The van der Waals surface area contributed by atoms with Gasteiger partial charge in [-0.2, -0.15) is 0 Å². The molecular weight excluding hydrogens is 234 g/mol. The van der Waals surface area contributed by atoms with Gasteiger partial charge in [-0.1, -0.05) is 0 Å². The van der Waals surface area contributed by atoms with Crippen molar-refractivity contribution < 1.29 is 9.53 Å². The van der Waals surface area contributed by atoms with Crippen molar-refractivity contribution in [2.45, 2.75) is 13.3 Å². The van der Waals surface area contributed by atoms with Gasteiger partial charge in [-0.15, -0.1) is 5.10 Å². The van der Waals surface area contributed by atoms with Crippen molar-refractivity contribution in [1.29, 1.82) is 0 Å². The number of morpholine rings is 1. The second-order valence-corrected chi connectivity index (χ2v) is 4.31. The van der Waals surface area contributed by atoms with Crippen LogP contribution in [-0.4, -0.2) is 65.4 Å². The summed E-state index contributed by atoms with van der Waals surface area (Å²) in [6.45, 7) is 6.97. The Balaban J connectivity index is 1.61. The summed E-state index contributed by atoms with van der Waals surface area (Å²) in [5.41, 5.74) is 0. The summed E-state index contributed by atoms with van der Waals surface area (Å²) in [6.07, 6.45) is 0.926. The van der Waals surface area contributed by atoms with E-state index in [1.165, 1.54) is 0 Å². The van der Waals surface area contributed by atoms with E-state index >= 15 is 0 Å². The van der Waals surface area contributed by atoms with E-state index in [0.717, 1.165) is 39.3 Å². The Bertz CT molecular complexity index is 387. The third-order valence-electron chi connectivity index (χ3n) is 2.84. The molecule has 1 aliphatic heterocycles. The Morgan fingerprint density at radius 2 is 2.28 bits per heavy atom. The van der Waals surface area contributed by atoms with Crippen LogP contribution in [0.25, 0.3) is 0 Å². The predicted octanol–water partition coefficient (Wildman–Crippen LogP) is -0.435. The summed E-state index contributed by atoms with van der Waals surface area (Å²) in [5.74, 6) is 0.633. The molecule has 100 valence electrons. The van der Waals surface area contributed by atoms with Gasteiger partial charge in [0.05, 0.1) is 13.2 Å². The maximum atomic E-state index is 11.6. The lowest BCUT2D eigenvalue weighted by Crippen LogP contribution is -2.38. The van der Waals surface area contributed by atoms with E-state index < -0.39 is 0 Å². The molecule has 1 aliphatic rings. The number of rotatable bonds is 5. The number of aromatic nitrogens is 3. The summed E-state index contributed by atoms with van der Waals surface area (Å²) in [7, 11) is 0. The van der Waals surface area contributed by atoms with Crippen LogP contribution in [0.5, 0.6) is 0 Å². The fourth-order valence-electron chi connectivity index (χ4n) is 1.85. The molecule has 18 heavy (non-hydrogen) atoms. The van der Waals surface area contributed by atoms with E-state index in [0.29, 0.717) is 12.4 Å². The van der Waals surface area contributed by atoms with Crippen LogP contribution < -0.4 is 5.32 Å². The van der Waals surface area contributed by atoms with Crippen molar-refractivity contribution in [2.24, 2.45) is 0 Å². The highest BCUT2D eigenvalue weighted by Gasteiger charge is 2.12. The quantitative estimate of drug-likeness (QED) is 0.695. The van der Waals surface area contributed by atoms with E-state index in [1.807, 2.05) is 0 Å². The molecule has 0 radical (unpaired) electrons. The molecule has 0 saturated carbocycles. The monoisotopic (exact) mass is 253 g/mol. The van der Waals surface area contributed by atoms with Crippen molar-refractivity contribution in [3.05, 3.63) is 11.6 Å². The average Bonchev–Trinajstić information content (AvgIpc) is 2.82. The van der Waals surface area contributed by atoms with Gasteiger partial charge in [-0.25, -0.2) is 4.98 Å². The lowest BCUT2D eigenvalue weighted by molar-refractivity contribution is 0.0374. The average molecular weight is 253 g/mol. The topological polar surface area (TPSA) is 83.1 Å². The number of aryl methyl sites for hydroxylation is 1. The second kappa shape index (κ2) is 6.46. The Morgan fingerprint density at radius 1 is 1.50 bits per heavy atom. The Morgan fingerprint density at radius 3 is 2.94 bits per heavy atom. The number of ether oxygens (including phenoxy) is 1. The first kappa shape index (κ1) is 13.0. The van der Waals surface area contributed by atoms with Gasteiger partial charge in [0.15, 0.2) is 0 Å². The highest BCUT2D eigenvalue weighted by molar-refractivity contribution is 5.90. The van der Waals surface area contributed by atoms with Crippen molar-refractivity contribution in [3.8, 4) is 0 Å². The van der Waals surface area contributed by atoms with Gasteiger partial charge in [0, 0.05) is 19.6 Å². The highest BCUT2D eigenvalue weighted by atomic mass is 16.5. The molecule has 7 heteroatoms. The van der Waals surface area contributed by atoms with E-state index in [-0.39, 0.29) is 11.7 Å². The molecule has 1 fully saturated rings. The Kier molecular flexibility index (Phi) is 4.66. The maximum Gasteiger partial charge on any atom is 0.290 e. The lowest BCUT2D eigenvalue weighted by atomic mass is 10.3. The number of carbonyl (C=O) groups excluding carboxylic acids is 1. The minimum Gasteiger partial charge on any atom is -0.379 e. The maximum absolute atomic E-state index is 11.6. The van der Waals surface area contributed by atoms with Gasteiger partial charge in [0.2, 0.25) is 5.82 Å². The molecule has 0 unspecified atom stereocenters. The van der Waals surface area contributed by atoms with Crippen molar-refractivity contribution in [3.63, 3.8) is 0 Å². The molecule has 1 amide bonds. The third kappa shape index (κ3) is 3.78. The first-order valence-corrected chi connectivity index (χ1v) is 6.23. The second-order valence-electron chi connectivity index (χ2n) is 4.31. The summed E-state index contributed by atoms with van der Waals surface area (Å²) < 4.78 is 5.27.